The van der Waals surface area contributed by atoms with Gasteiger partial charge >= 0.3 is 0 Å². The molecule has 1 aromatic rings. The van der Waals surface area contributed by atoms with Crippen molar-refractivity contribution in [1.82, 2.24) is 10.3 Å². The molecule has 0 fully saturated rings. The first-order chi connectivity index (χ1) is 8.72. The highest BCUT2D eigenvalue weighted by Crippen LogP contribution is 2.08. The highest BCUT2D eigenvalue weighted by Gasteiger charge is 1.99. The van der Waals surface area contributed by atoms with Gasteiger partial charge < -0.3 is 10.1 Å². The van der Waals surface area contributed by atoms with E-state index in [0.29, 0.717) is 18.4 Å². The van der Waals surface area contributed by atoms with Gasteiger partial charge in [0.25, 0.3) is 0 Å². The summed E-state index contributed by atoms with van der Waals surface area (Å²) in [5.74, 6) is 1.37. The second kappa shape index (κ2) is 8.70. The lowest BCUT2D eigenvalue weighted by Crippen LogP contribution is -2.19. The number of rotatable bonds is 9. The van der Waals surface area contributed by atoms with Crippen molar-refractivity contribution in [3.05, 3.63) is 36.5 Å². The number of nitrogens with one attached hydrogen (secondary N) is 1. The van der Waals surface area contributed by atoms with Gasteiger partial charge in [-0.05, 0) is 31.4 Å². The van der Waals surface area contributed by atoms with E-state index in [1.807, 2.05) is 24.3 Å². The van der Waals surface area contributed by atoms with Gasteiger partial charge in [-0.25, -0.2) is 4.98 Å². The number of nitrogens with zero attached hydrogens (tertiary/aromatic N) is 1. The summed E-state index contributed by atoms with van der Waals surface area (Å²) in [4.78, 5) is 4.46. The molecule has 0 radical (unpaired) electrons. The average molecular weight is 248 g/mol. The Morgan fingerprint density at radius 1 is 1.44 bits per heavy atom. The van der Waals surface area contributed by atoms with Gasteiger partial charge in [0.2, 0.25) is 5.88 Å². The van der Waals surface area contributed by atoms with Crippen molar-refractivity contribution in [3.8, 4) is 5.88 Å². The minimum absolute atomic E-state index is 0.656. The number of hydrogen-bond acceptors (Lipinski definition) is 3. The second-order valence-corrected chi connectivity index (χ2v) is 4.77. The molecule has 0 aliphatic carbocycles. The Kier molecular flexibility index (Phi) is 7.11. The molecule has 1 N–H and O–H groups in total. The molecule has 0 aromatic carbocycles. The van der Waals surface area contributed by atoms with Crippen LogP contribution >= 0.6 is 0 Å². The van der Waals surface area contributed by atoms with Gasteiger partial charge in [-0.2, -0.15) is 0 Å². The van der Waals surface area contributed by atoms with Crippen LogP contribution < -0.4 is 10.1 Å². The first kappa shape index (κ1) is 14.7. The summed E-state index contributed by atoms with van der Waals surface area (Å²) < 4.78 is 5.59. The van der Waals surface area contributed by atoms with Crippen LogP contribution in [0.3, 0.4) is 0 Å². The van der Waals surface area contributed by atoms with Gasteiger partial charge in [0.1, 0.15) is 0 Å². The molecule has 18 heavy (non-hydrogen) atoms. The van der Waals surface area contributed by atoms with Gasteiger partial charge in [-0.1, -0.05) is 26.0 Å². The molecule has 1 heterocycles. The summed E-state index contributed by atoms with van der Waals surface area (Å²) >= 11 is 0. The lowest BCUT2D eigenvalue weighted by molar-refractivity contribution is 0.299. The SMILES string of the molecule is C=CCCCOc1cccc(CNCC(C)C)n1. The van der Waals surface area contributed by atoms with Crippen molar-refractivity contribution in [2.75, 3.05) is 13.2 Å². The molecule has 0 saturated heterocycles. The van der Waals surface area contributed by atoms with Crippen molar-refractivity contribution in [3.63, 3.8) is 0 Å². The van der Waals surface area contributed by atoms with E-state index in [0.717, 1.165) is 31.6 Å². The Morgan fingerprint density at radius 3 is 3.00 bits per heavy atom. The molecule has 0 unspecified atom stereocenters. The molecule has 0 spiro atoms. The predicted molar refractivity (Wildman–Crippen MR) is 75.7 cm³/mol. The third kappa shape index (κ3) is 6.40. The molecule has 100 valence electrons. The summed E-state index contributed by atoms with van der Waals surface area (Å²) in [5, 5.41) is 3.37. The van der Waals surface area contributed by atoms with Crippen LogP contribution in [-0.4, -0.2) is 18.1 Å². The average Bonchev–Trinajstić information content (AvgIpc) is 2.35. The first-order valence-corrected chi connectivity index (χ1v) is 6.62. The molecule has 0 amide bonds. The van der Waals surface area contributed by atoms with Gasteiger partial charge in [0.15, 0.2) is 0 Å². The quantitative estimate of drug-likeness (QED) is 0.538. The van der Waals surface area contributed by atoms with Crippen molar-refractivity contribution >= 4 is 0 Å². The number of aromatic nitrogens is 1. The largest absolute Gasteiger partial charge is 0.478 e. The Bertz CT molecular complexity index is 350. The van der Waals surface area contributed by atoms with Crippen LogP contribution in [0.25, 0.3) is 0 Å². The fourth-order valence-corrected chi connectivity index (χ4v) is 1.53. The molecule has 0 atom stereocenters. The maximum Gasteiger partial charge on any atom is 0.213 e. The maximum atomic E-state index is 5.59. The van der Waals surface area contributed by atoms with Crippen LogP contribution in [0.2, 0.25) is 0 Å². The number of ether oxygens (including phenoxy) is 1. The normalized spacial score (nSPS) is 10.6. The molecule has 3 heteroatoms. The fourth-order valence-electron chi connectivity index (χ4n) is 1.53. The Labute approximate surface area is 110 Å². The van der Waals surface area contributed by atoms with E-state index in [1.54, 1.807) is 0 Å². The third-order valence-corrected chi connectivity index (χ3v) is 2.44. The van der Waals surface area contributed by atoms with Crippen LogP contribution in [0.15, 0.2) is 30.9 Å². The van der Waals surface area contributed by atoms with E-state index in [9.17, 15) is 0 Å². The van der Waals surface area contributed by atoms with Crippen LogP contribution in [0.5, 0.6) is 5.88 Å². The van der Waals surface area contributed by atoms with Gasteiger partial charge in [-0.15, -0.1) is 6.58 Å². The summed E-state index contributed by atoms with van der Waals surface area (Å²) in [5.41, 5.74) is 1.02. The molecule has 1 rings (SSSR count). The zero-order chi connectivity index (χ0) is 13.2. The topological polar surface area (TPSA) is 34.1 Å². The van der Waals surface area contributed by atoms with Gasteiger partial charge in [0, 0.05) is 12.6 Å². The van der Waals surface area contributed by atoms with Crippen LogP contribution in [-0.2, 0) is 6.54 Å². The van der Waals surface area contributed by atoms with Crippen molar-refractivity contribution in [2.24, 2.45) is 5.92 Å². The molecular weight excluding hydrogens is 224 g/mol. The zero-order valence-corrected chi connectivity index (χ0v) is 11.5. The Hall–Kier alpha value is -1.35. The lowest BCUT2D eigenvalue weighted by Gasteiger charge is -2.08. The predicted octanol–water partition coefficient (Wildman–Crippen LogP) is 3.17. The number of allylic oxidation sites excluding steroid dienone is 1. The molecule has 0 aliphatic rings. The molecule has 0 aliphatic heterocycles. The number of hydrogen-bond donors (Lipinski definition) is 1. The van der Waals surface area contributed by atoms with Crippen LogP contribution in [0, 0.1) is 5.92 Å². The summed E-state index contributed by atoms with van der Waals surface area (Å²) in [6.07, 6.45) is 3.87. The van der Waals surface area contributed by atoms with E-state index in [4.69, 9.17) is 4.74 Å². The number of pyridine rings is 1. The van der Waals surface area contributed by atoms with Gasteiger partial charge in [0.05, 0.1) is 12.3 Å². The third-order valence-electron chi connectivity index (χ3n) is 2.44. The lowest BCUT2D eigenvalue weighted by atomic mass is 10.2. The van der Waals surface area contributed by atoms with Gasteiger partial charge in [-0.3, -0.25) is 0 Å². The van der Waals surface area contributed by atoms with Crippen molar-refractivity contribution in [2.45, 2.75) is 33.2 Å². The summed E-state index contributed by atoms with van der Waals surface area (Å²) in [6.45, 7) is 10.6. The zero-order valence-electron chi connectivity index (χ0n) is 11.5. The minimum Gasteiger partial charge on any atom is -0.478 e. The van der Waals surface area contributed by atoms with E-state index in [1.165, 1.54) is 0 Å². The highest BCUT2D eigenvalue weighted by molar-refractivity contribution is 5.15. The molecular formula is C15H24N2O. The van der Waals surface area contributed by atoms with E-state index in [2.05, 4.69) is 30.7 Å². The molecule has 3 nitrogen and oxygen atoms in total. The Balaban J connectivity index is 2.34. The Morgan fingerprint density at radius 2 is 2.28 bits per heavy atom. The molecule has 1 aromatic heterocycles. The van der Waals surface area contributed by atoms with Crippen LogP contribution in [0.4, 0.5) is 0 Å². The van der Waals surface area contributed by atoms with E-state index < -0.39 is 0 Å². The standard InChI is InChI=1S/C15H24N2O/c1-4-5-6-10-18-15-9-7-8-14(17-15)12-16-11-13(2)3/h4,7-9,13,16H,1,5-6,10-12H2,2-3H3. The summed E-state index contributed by atoms with van der Waals surface area (Å²) in [7, 11) is 0. The second-order valence-electron chi connectivity index (χ2n) is 4.77. The smallest absolute Gasteiger partial charge is 0.213 e. The highest BCUT2D eigenvalue weighted by atomic mass is 16.5. The molecule has 0 saturated carbocycles. The van der Waals surface area contributed by atoms with E-state index in [-0.39, 0.29) is 0 Å². The van der Waals surface area contributed by atoms with Crippen LogP contribution in [0.1, 0.15) is 32.4 Å². The number of unbranched alkanes of at least 4 members (excludes halogenated alkanes) is 1. The van der Waals surface area contributed by atoms with Crippen molar-refractivity contribution < 1.29 is 4.74 Å². The summed E-state index contributed by atoms with van der Waals surface area (Å²) in [6, 6.07) is 5.91. The van der Waals surface area contributed by atoms with Crippen molar-refractivity contribution in [1.29, 1.82) is 0 Å². The molecule has 0 bridgehead atoms. The maximum absolute atomic E-state index is 5.59. The fraction of sp³-hybridized carbons (Fsp3) is 0.533. The minimum atomic E-state index is 0.656. The first-order valence-electron chi connectivity index (χ1n) is 6.62. The monoisotopic (exact) mass is 248 g/mol. The van der Waals surface area contributed by atoms with E-state index >= 15 is 0 Å².